The maximum absolute atomic E-state index is 4.66. The molecule has 0 fully saturated rings. The van der Waals surface area contributed by atoms with Crippen molar-refractivity contribution in [2.75, 3.05) is 0 Å². The molecule has 4 aromatic carbocycles. The Labute approximate surface area is 190 Å². The molecule has 0 atom stereocenters. The van der Waals surface area contributed by atoms with Crippen molar-refractivity contribution in [2.24, 2.45) is 0 Å². The van der Waals surface area contributed by atoms with Gasteiger partial charge in [0, 0.05) is 30.9 Å². The third-order valence-electron chi connectivity index (χ3n) is 6.13. The number of pyridine rings is 1. The Bertz CT molecular complexity index is 1810. The van der Waals surface area contributed by atoms with Crippen LogP contribution in [0.5, 0.6) is 0 Å². The van der Waals surface area contributed by atoms with Gasteiger partial charge in [-0.2, -0.15) is 0 Å². The zero-order chi connectivity index (χ0) is 20.5. The molecular formula is C27H15BrN2S. The van der Waals surface area contributed by atoms with Gasteiger partial charge in [0.05, 0.1) is 11.7 Å². The molecular weight excluding hydrogens is 464 g/mol. The third kappa shape index (κ3) is 2.40. The molecule has 0 saturated carbocycles. The summed E-state index contributed by atoms with van der Waals surface area (Å²) in [6, 6.07) is 30.7. The summed E-state index contributed by atoms with van der Waals surface area (Å²) < 4.78 is 5.83. The normalized spacial score (nSPS) is 12.0. The van der Waals surface area contributed by atoms with Gasteiger partial charge in [0.15, 0.2) is 0 Å². The number of hydrogen-bond acceptors (Lipinski definition) is 2. The van der Waals surface area contributed by atoms with E-state index >= 15 is 0 Å². The molecule has 0 radical (unpaired) electrons. The Kier molecular flexibility index (Phi) is 3.60. The fourth-order valence-corrected chi connectivity index (χ4v) is 6.39. The zero-order valence-electron chi connectivity index (χ0n) is 16.3. The number of halogens is 1. The average molecular weight is 479 g/mol. The molecule has 0 amide bonds. The first-order valence-corrected chi connectivity index (χ1v) is 11.8. The Hall–Kier alpha value is -3.21. The molecule has 31 heavy (non-hydrogen) atoms. The van der Waals surface area contributed by atoms with E-state index in [9.17, 15) is 0 Å². The maximum atomic E-state index is 4.66. The molecule has 0 aliphatic heterocycles. The Balaban J connectivity index is 1.63. The minimum atomic E-state index is 0.969. The van der Waals surface area contributed by atoms with E-state index in [2.05, 4.69) is 110 Å². The van der Waals surface area contributed by atoms with Crippen molar-refractivity contribution in [1.29, 1.82) is 0 Å². The predicted molar refractivity (Wildman–Crippen MR) is 136 cm³/mol. The standard InChI is InChI=1S/C27H15BrN2S/c28-25-15-29-27-19-7-2-1-6-18(19)21-14-16(12-13-22(21)30(25)27)17-9-5-11-24-26(17)20-8-3-4-10-23(20)31-24/h1-15H. The van der Waals surface area contributed by atoms with Gasteiger partial charge in [-0.25, -0.2) is 4.98 Å². The van der Waals surface area contributed by atoms with Crippen LogP contribution in [-0.4, -0.2) is 9.38 Å². The van der Waals surface area contributed by atoms with Crippen LogP contribution < -0.4 is 0 Å². The summed E-state index contributed by atoms with van der Waals surface area (Å²) in [7, 11) is 0. The van der Waals surface area contributed by atoms with E-state index in [1.807, 2.05) is 17.5 Å². The van der Waals surface area contributed by atoms with Crippen LogP contribution >= 0.6 is 27.3 Å². The minimum absolute atomic E-state index is 0.969. The topological polar surface area (TPSA) is 17.3 Å². The Morgan fingerprint density at radius 1 is 0.710 bits per heavy atom. The summed E-state index contributed by atoms with van der Waals surface area (Å²) in [5.41, 5.74) is 4.66. The minimum Gasteiger partial charge on any atom is -0.286 e. The molecule has 0 spiro atoms. The summed E-state index contributed by atoms with van der Waals surface area (Å²) in [5, 5.41) is 6.30. The molecule has 4 heteroatoms. The smallest absolute Gasteiger partial charge is 0.146 e. The van der Waals surface area contributed by atoms with E-state index in [1.54, 1.807) is 0 Å². The number of rotatable bonds is 1. The zero-order valence-corrected chi connectivity index (χ0v) is 18.7. The van der Waals surface area contributed by atoms with Gasteiger partial charge in [-0.3, -0.25) is 4.40 Å². The van der Waals surface area contributed by atoms with Crippen LogP contribution in [-0.2, 0) is 0 Å². The number of thiophene rings is 1. The van der Waals surface area contributed by atoms with Gasteiger partial charge in [-0.15, -0.1) is 11.3 Å². The van der Waals surface area contributed by atoms with Gasteiger partial charge in [-0.1, -0.05) is 60.7 Å². The monoisotopic (exact) mass is 478 g/mol. The van der Waals surface area contributed by atoms with Gasteiger partial charge in [0.25, 0.3) is 0 Å². The quantitative estimate of drug-likeness (QED) is 0.216. The number of nitrogens with zero attached hydrogens (tertiary/aromatic N) is 2. The third-order valence-corrected chi connectivity index (χ3v) is 7.82. The number of aromatic nitrogens is 2. The van der Waals surface area contributed by atoms with Crippen LogP contribution in [0.3, 0.4) is 0 Å². The van der Waals surface area contributed by atoms with E-state index in [1.165, 1.54) is 42.1 Å². The highest BCUT2D eigenvalue weighted by Crippen LogP contribution is 2.41. The summed E-state index contributed by atoms with van der Waals surface area (Å²) in [6.45, 7) is 0. The molecule has 7 rings (SSSR count). The molecule has 0 aliphatic rings. The summed E-state index contributed by atoms with van der Waals surface area (Å²) in [4.78, 5) is 4.66. The average Bonchev–Trinajstić information content (AvgIpc) is 3.40. The summed E-state index contributed by atoms with van der Waals surface area (Å²) in [6.07, 6.45) is 1.88. The van der Waals surface area contributed by atoms with Gasteiger partial charge >= 0.3 is 0 Å². The predicted octanol–water partition coefficient (Wildman–Crippen LogP) is 8.44. The van der Waals surface area contributed by atoms with Crippen molar-refractivity contribution in [2.45, 2.75) is 0 Å². The molecule has 146 valence electrons. The largest absolute Gasteiger partial charge is 0.286 e. The molecule has 2 nitrogen and oxygen atoms in total. The Morgan fingerprint density at radius 3 is 2.39 bits per heavy atom. The van der Waals surface area contributed by atoms with Crippen LogP contribution in [0.2, 0.25) is 0 Å². The lowest BCUT2D eigenvalue weighted by Gasteiger charge is -2.12. The van der Waals surface area contributed by atoms with Crippen molar-refractivity contribution >= 4 is 74.8 Å². The molecule has 0 N–H and O–H groups in total. The van der Waals surface area contributed by atoms with Crippen molar-refractivity contribution < 1.29 is 0 Å². The molecule has 0 bridgehead atoms. The molecule has 3 heterocycles. The van der Waals surface area contributed by atoms with E-state index in [-0.39, 0.29) is 0 Å². The van der Waals surface area contributed by atoms with Gasteiger partial charge in [0.1, 0.15) is 10.3 Å². The molecule has 0 aliphatic carbocycles. The molecule has 0 unspecified atom stereocenters. The summed E-state index contributed by atoms with van der Waals surface area (Å²) in [5.74, 6) is 0. The highest BCUT2D eigenvalue weighted by atomic mass is 79.9. The van der Waals surface area contributed by atoms with Crippen molar-refractivity contribution in [1.82, 2.24) is 9.38 Å². The second-order valence-electron chi connectivity index (χ2n) is 7.79. The lowest BCUT2D eigenvalue weighted by Crippen LogP contribution is -1.92. The van der Waals surface area contributed by atoms with E-state index in [0.717, 1.165) is 21.2 Å². The first-order valence-electron chi connectivity index (χ1n) is 10.2. The number of benzene rings is 4. The van der Waals surface area contributed by atoms with Gasteiger partial charge in [0.2, 0.25) is 0 Å². The van der Waals surface area contributed by atoms with Crippen molar-refractivity contribution in [3.63, 3.8) is 0 Å². The fraction of sp³-hybridized carbons (Fsp3) is 0. The lowest BCUT2D eigenvalue weighted by molar-refractivity contribution is 1.23. The van der Waals surface area contributed by atoms with Crippen LogP contribution in [0.25, 0.3) is 58.6 Å². The van der Waals surface area contributed by atoms with Crippen LogP contribution in [0.4, 0.5) is 0 Å². The van der Waals surface area contributed by atoms with E-state index < -0.39 is 0 Å². The number of imidazole rings is 1. The highest BCUT2D eigenvalue weighted by molar-refractivity contribution is 9.10. The Morgan fingerprint density at radius 2 is 1.48 bits per heavy atom. The molecule has 3 aromatic heterocycles. The van der Waals surface area contributed by atoms with Crippen LogP contribution in [0, 0.1) is 0 Å². The van der Waals surface area contributed by atoms with Gasteiger partial charge < -0.3 is 0 Å². The maximum Gasteiger partial charge on any atom is 0.146 e. The van der Waals surface area contributed by atoms with E-state index in [0.29, 0.717) is 0 Å². The highest BCUT2D eigenvalue weighted by Gasteiger charge is 2.15. The second kappa shape index (κ2) is 6.39. The first kappa shape index (κ1) is 17.5. The first-order chi connectivity index (χ1) is 15.3. The van der Waals surface area contributed by atoms with Crippen molar-refractivity contribution in [3.05, 3.63) is 95.7 Å². The van der Waals surface area contributed by atoms with Crippen LogP contribution in [0.1, 0.15) is 0 Å². The van der Waals surface area contributed by atoms with Crippen LogP contribution in [0.15, 0.2) is 95.7 Å². The van der Waals surface area contributed by atoms with E-state index in [4.69, 9.17) is 0 Å². The number of hydrogen-bond donors (Lipinski definition) is 0. The fourth-order valence-electron chi connectivity index (χ4n) is 4.79. The molecule has 0 saturated heterocycles. The SMILES string of the molecule is Brc1cnc2c3ccccc3c3cc(-c4cccc5sc6ccccc6c45)ccc3n12. The molecule has 7 aromatic rings. The summed E-state index contributed by atoms with van der Waals surface area (Å²) >= 11 is 5.56. The van der Waals surface area contributed by atoms with Gasteiger partial charge in [-0.05, 0) is 56.7 Å². The second-order valence-corrected chi connectivity index (χ2v) is 9.69. The van der Waals surface area contributed by atoms with Crippen molar-refractivity contribution in [3.8, 4) is 11.1 Å². The lowest BCUT2D eigenvalue weighted by atomic mass is 9.96. The number of fused-ring (bicyclic) bond motifs is 9.